The van der Waals surface area contributed by atoms with Crippen LogP contribution in [0.2, 0.25) is 0 Å². The summed E-state index contributed by atoms with van der Waals surface area (Å²) in [7, 11) is 0. The molecule has 2 aliphatic heterocycles. The summed E-state index contributed by atoms with van der Waals surface area (Å²) >= 11 is 7.31. The third-order valence-electron chi connectivity index (χ3n) is 12.2. The second-order valence-corrected chi connectivity index (χ2v) is 19.9. The molecule has 4 N–H and O–H groups in total. The van der Waals surface area contributed by atoms with Gasteiger partial charge in [-0.25, -0.2) is 9.37 Å². The molecule has 4 atom stereocenters. The number of thiocarbonyl (C=S) groups is 1. The number of likely N-dealkylation sites (tertiary alicyclic amines) is 1. The fourth-order valence-electron chi connectivity index (χ4n) is 8.25. The summed E-state index contributed by atoms with van der Waals surface area (Å²) in [4.78, 5) is 37.1. The number of carbonyl (C=O) groups excluding carboxylic acids is 2. The van der Waals surface area contributed by atoms with Crippen LogP contribution in [-0.4, -0.2) is 113 Å². The van der Waals surface area contributed by atoms with Crippen LogP contribution in [0.15, 0.2) is 72.2 Å². The van der Waals surface area contributed by atoms with Gasteiger partial charge in [-0.05, 0) is 124 Å². The first kappa shape index (κ1) is 51.5. The summed E-state index contributed by atoms with van der Waals surface area (Å²) in [6.07, 6.45) is 2.27. The zero-order valence-electron chi connectivity index (χ0n) is 39.3. The number of rotatable bonds is 23. The third-order valence-corrected chi connectivity index (χ3v) is 13.5. The van der Waals surface area contributed by atoms with Gasteiger partial charge in [-0.1, -0.05) is 45.0 Å². The van der Waals surface area contributed by atoms with Crippen LogP contribution in [0.1, 0.15) is 83.5 Å². The molecule has 0 aliphatic carbocycles. The average molecular weight is 958 g/mol. The minimum absolute atomic E-state index is 0.0724. The van der Waals surface area contributed by atoms with E-state index in [2.05, 4.69) is 53.4 Å². The second kappa shape index (κ2) is 23.4. The number of ether oxygens (including phenoxy) is 3. The van der Waals surface area contributed by atoms with Gasteiger partial charge < -0.3 is 34.6 Å². The van der Waals surface area contributed by atoms with Crippen LogP contribution in [0.3, 0.4) is 0 Å². The standard InChI is InChI=1S/C50H64FN7O7S2/c1-33-45(67-32-54-33)35-13-11-34(12-14-35)28-53-46(61)42-26-39(59)29-56(42)30-43(49(2,3)4)55-44(60)31-64-23-10-22-63-21-8-7-9-24-65-40-19-17-37(18-20-40)58-48(66)57(47(62)50(58,5)6)38-16-15-36(27-52)41(51)25-38/h11-20,25,32,39,42-43,46,53,59,61H,7-10,21-24,26,28-31H2,1-6H3,(H,55,60)/t39-,42+,43-,46?/m1/s1. The molecule has 2 fully saturated rings. The number of nitrogens with one attached hydrogen (secondary N) is 2. The van der Waals surface area contributed by atoms with Crippen molar-refractivity contribution in [3.63, 3.8) is 0 Å². The number of aliphatic hydroxyl groups is 2. The van der Waals surface area contributed by atoms with Crippen LogP contribution in [0.5, 0.6) is 5.75 Å². The number of hydrogen-bond donors (Lipinski definition) is 4. The fourth-order valence-corrected chi connectivity index (χ4v) is 9.58. The second-order valence-electron chi connectivity index (χ2n) is 18.7. The van der Waals surface area contributed by atoms with Crippen molar-refractivity contribution in [3.8, 4) is 22.3 Å². The number of amides is 2. The zero-order valence-corrected chi connectivity index (χ0v) is 40.9. The van der Waals surface area contributed by atoms with Crippen LogP contribution in [0.4, 0.5) is 15.8 Å². The molecule has 0 radical (unpaired) electrons. The van der Waals surface area contributed by atoms with E-state index in [0.717, 1.165) is 47.0 Å². The van der Waals surface area contributed by atoms with Gasteiger partial charge in [0.15, 0.2) is 5.11 Å². The topological polar surface area (TPSA) is 173 Å². The SMILES string of the molecule is Cc1ncsc1-c1ccc(CNC(O)[C@@H]2C[C@@H](O)CN2C[C@@H](NC(=O)COCCCOCCCCCOc2ccc(N3C(=S)N(c4ccc(C#N)c(F)c4)C(=O)C3(C)C)cc2)C(C)(C)C)cc1. The summed E-state index contributed by atoms with van der Waals surface area (Å²) in [6.45, 7) is 15.0. The molecule has 0 saturated carbocycles. The Bertz CT molecular complexity index is 2330. The third kappa shape index (κ3) is 13.4. The molecular weight excluding hydrogens is 894 g/mol. The number of β-amino-alcohol motifs (C(OH)–C–C–N with tert-alkyl or cyclic N) is 1. The molecule has 1 unspecified atom stereocenters. The number of anilines is 2. The monoisotopic (exact) mass is 957 g/mol. The van der Waals surface area contributed by atoms with Gasteiger partial charge in [0.05, 0.1) is 46.1 Å². The van der Waals surface area contributed by atoms with Crippen molar-refractivity contribution in [2.75, 3.05) is 55.9 Å². The molecule has 3 heterocycles. The minimum atomic E-state index is -1.03. The lowest BCUT2D eigenvalue weighted by atomic mass is 9.86. The molecule has 0 spiro atoms. The van der Waals surface area contributed by atoms with Crippen LogP contribution in [0, 0.1) is 29.5 Å². The Morgan fingerprint density at radius 3 is 2.37 bits per heavy atom. The number of unbranched alkanes of at least 4 members (excludes halogenated alkanes) is 2. The number of aliphatic hydroxyl groups excluding tert-OH is 2. The molecular formula is C50H64FN7O7S2. The van der Waals surface area contributed by atoms with Crippen LogP contribution in [-0.2, 0) is 25.6 Å². The Labute approximate surface area is 403 Å². The molecule has 0 bridgehead atoms. The van der Waals surface area contributed by atoms with Crippen molar-refractivity contribution in [2.24, 2.45) is 5.41 Å². The smallest absolute Gasteiger partial charge is 0.259 e. The predicted molar refractivity (Wildman–Crippen MR) is 262 cm³/mol. The van der Waals surface area contributed by atoms with E-state index in [4.69, 9.17) is 31.7 Å². The van der Waals surface area contributed by atoms with Gasteiger partial charge in [-0.3, -0.25) is 24.7 Å². The molecule has 2 saturated heterocycles. The molecule has 3 aromatic carbocycles. The Morgan fingerprint density at radius 2 is 1.70 bits per heavy atom. The summed E-state index contributed by atoms with van der Waals surface area (Å²) in [5.41, 5.74) is 4.54. The number of aryl methyl sites for hydroxylation is 1. The fraction of sp³-hybridized carbons (Fsp3) is 0.500. The number of aromatic nitrogens is 1. The number of thiazole rings is 1. The molecule has 67 heavy (non-hydrogen) atoms. The van der Waals surface area contributed by atoms with Crippen molar-refractivity contribution in [3.05, 3.63) is 94.9 Å². The van der Waals surface area contributed by atoms with E-state index < -0.39 is 23.7 Å². The predicted octanol–water partition coefficient (Wildman–Crippen LogP) is 7.09. The van der Waals surface area contributed by atoms with E-state index >= 15 is 0 Å². The number of halogens is 1. The molecule has 14 nitrogen and oxygen atoms in total. The lowest BCUT2D eigenvalue weighted by Gasteiger charge is -2.37. The molecule has 1 aromatic heterocycles. The lowest BCUT2D eigenvalue weighted by Crippen LogP contribution is -2.55. The Hall–Kier alpha value is -4.90. The van der Waals surface area contributed by atoms with E-state index in [1.54, 1.807) is 36.2 Å². The maximum Gasteiger partial charge on any atom is 0.259 e. The Morgan fingerprint density at radius 1 is 1.01 bits per heavy atom. The number of carbonyl (C=O) groups is 2. The van der Waals surface area contributed by atoms with Gasteiger partial charge >= 0.3 is 0 Å². The van der Waals surface area contributed by atoms with Gasteiger partial charge in [-0.15, -0.1) is 11.3 Å². The van der Waals surface area contributed by atoms with Gasteiger partial charge in [0.25, 0.3) is 5.91 Å². The van der Waals surface area contributed by atoms with Crippen LogP contribution >= 0.6 is 23.6 Å². The van der Waals surface area contributed by atoms with Crippen molar-refractivity contribution in [1.82, 2.24) is 20.5 Å². The van der Waals surface area contributed by atoms with Crippen molar-refractivity contribution < 1.29 is 38.4 Å². The van der Waals surface area contributed by atoms with E-state index in [1.165, 1.54) is 17.0 Å². The molecule has 2 aliphatic rings. The average Bonchev–Trinajstić information content (AvgIpc) is 3.94. The highest BCUT2D eigenvalue weighted by molar-refractivity contribution is 7.81. The molecule has 17 heteroatoms. The van der Waals surface area contributed by atoms with Crippen molar-refractivity contribution in [2.45, 2.75) is 110 Å². The first-order valence-electron chi connectivity index (χ1n) is 22.9. The number of hydrogen-bond acceptors (Lipinski definition) is 13. The van der Waals surface area contributed by atoms with Crippen LogP contribution < -0.4 is 25.2 Å². The molecule has 4 aromatic rings. The van der Waals surface area contributed by atoms with E-state index in [0.29, 0.717) is 70.3 Å². The lowest BCUT2D eigenvalue weighted by molar-refractivity contribution is -0.127. The maximum atomic E-state index is 14.4. The first-order chi connectivity index (χ1) is 32.0. The number of nitrogens with zero attached hydrogens (tertiary/aromatic N) is 5. The van der Waals surface area contributed by atoms with E-state index in [-0.39, 0.29) is 52.3 Å². The summed E-state index contributed by atoms with van der Waals surface area (Å²) in [6, 6.07) is 20.8. The highest BCUT2D eigenvalue weighted by atomic mass is 32.1. The molecule has 360 valence electrons. The van der Waals surface area contributed by atoms with Gasteiger partial charge in [0.1, 0.15) is 36.0 Å². The first-order valence-corrected chi connectivity index (χ1v) is 24.2. The summed E-state index contributed by atoms with van der Waals surface area (Å²) in [5, 5.41) is 37.5. The quantitative estimate of drug-likeness (QED) is 0.0338. The number of nitriles is 1. The molecule has 6 rings (SSSR count). The Balaban J connectivity index is 0.825. The Kier molecular flexibility index (Phi) is 18.0. The summed E-state index contributed by atoms with van der Waals surface area (Å²) in [5.74, 6) is -0.554. The molecule has 2 amide bonds. The van der Waals surface area contributed by atoms with Gasteiger partial charge in [-0.2, -0.15) is 5.26 Å². The number of benzene rings is 3. The largest absolute Gasteiger partial charge is 0.494 e. The summed E-state index contributed by atoms with van der Waals surface area (Å²) < 4.78 is 31.9. The highest BCUT2D eigenvalue weighted by Gasteiger charge is 2.50. The van der Waals surface area contributed by atoms with Gasteiger partial charge in [0, 0.05) is 51.2 Å². The maximum absolute atomic E-state index is 14.4. The van der Waals surface area contributed by atoms with Gasteiger partial charge in [0.2, 0.25) is 5.91 Å². The van der Waals surface area contributed by atoms with E-state index in [1.807, 2.05) is 48.8 Å². The normalized spacial score (nSPS) is 18.3. The van der Waals surface area contributed by atoms with E-state index in [9.17, 15) is 24.2 Å². The zero-order chi connectivity index (χ0) is 48.3. The van der Waals surface area contributed by atoms with Crippen molar-refractivity contribution in [1.29, 1.82) is 5.26 Å². The van der Waals surface area contributed by atoms with Crippen LogP contribution in [0.25, 0.3) is 10.4 Å². The minimum Gasteiger partial charge on any atom is -0.494 e. The highest BCUT2D eigenvalue weighted by Crippen LogP contribution is 2.37. The van der Waals surface area contributed by atoms with Crippen molar-refractivity contribution >= 4 is 51.9 Å².